The minimum Gasteiger partial charge on any atom is -0.510 e. The number of piperidine rings is 1. The Morgan fingerprint density at radius 3 is 2.41 bits per heavy atom. The van der Waals surface area contributed by atoms with Crippen LogP contribution in [0, 0.1) is 5.41 Å². The van der Waals surface area contributed by atoms with E-state index in [0.717, 1.165) is 24.1 Å². The van der Waals surface area contributed by atoms with Crippen LogP contribution in [0.2, 0.25) is 0 Å². The van der Waals surface area contributed by atoms with E-state index in [1.54, 1.807) is 14.2 Å². The molecule has 3 N–H and O–H groups in total. The fraction of sp³-hybridized carbons (Fsp3) is 0.500. The Kier molecular flexibility index (Phi) is 5.71. The molecule has 0 amide bonds. The molecule has 3 heterocycles. The van der Waals surface area contributed by atoms with Crippen LogP contribution in [0.25, 0.3) is 16.8 Å². The van der Waals surface area contributed by atoms with Gasteiger partial charge >= 0.3 is 0 Å². The molecule has 0 unspecified atom stereocenters. The fourth-order valence-electron chi connectivity index (χ4n) is 5.14. The number of rotatable bonds is 5. The summed E-state index contributed by atoms with van der Waals surface area (Å²) < 4.78 is 10.7. The number of nitrogens with zero attached hydrogens (tertiary/aromatic N) is 2. The van der Waals surface area contributed by atoms with E-state index in [9.17, 15) is 5.11 Å². The van der Waals surface area contributed by atoms with Gasteiger partial charge in [0, 0.05) is 28.1 Å². The van der Waals surface area contributed by atoms with Gasteiger partial charge in [-0.3, -0.25) is 5.41 Å². The Hall–Kier alpha value is -2.58. The second-order valence-electron chi connectivity index (χ2n) is 9.86. The molecular weight excluding hydrogens is 424 g/mol. The summed E-state index contributed by atoms with van der Waals surface area (Å²) in [5, 5.41) is 26.0. The zero-order valence-corrected chi connectivity index (χ0v) is 20.4. The molecule has 2 aliphatic rings. The second kappa shape index (κ2) is 8.08. The summed E-state index contributed by atoms with van der Waals surface area (Å²) in [6.07, 6.45) is 1.82. The number of benzene rings is 1. The van der Waals surface area contributed by atoms with Crippen molar-refractivity contribution in [1.82, 2.24) is 15.2 Å². The molecule has 2 aliphatic heterocycles. The van der Waals surface area contributed by atoms with Crippen molar-refractivity contribution in [2.75, 3.05) is 20.8 Å². The Labute approximate surface area is 193 Å². The van der Waals surface area contributed by atoms with Crippen LogP contribution < -0.4 is 14.8 Å². The predicted molar refractivity (Wildman–Crippen MR) is 129 cm³/mol. The van der Waals surface area contributed by atoms with E-state index in [0.29, 0.717) is 34.5 Å². The molecule has 1 aromatic heterocycles. The lowest BCUT2D eigenvalue weighted by Gasteiger charge is -2.49. The van der Waals surface area contributed by atoms with E-state index in [2.05, 4.69) is 33.0 Å². The van der Waals surface area contributed by atoms with Crippen molar-refractivity contribution >= 4 is 22.7 Å². The summed E-state index contributed by atoms with van der Waals surface area (Å²) in [6, 6.07) is 5.85. The average Bonchev–Trinajstić information content (AvgIpc) is 3.29. The quantitative estimate of drug-likeness (QED) is 0.604. The molecule has 1 saturated heterocycles. The van der Waals surface area contributed by atoms with Gasteiger partial charge in [0.1, 0.15) is 16.6 Å². The first kappa shape index (κ1) is 22.6. The molecule has 172 valence electrons. The molecule has 0 aliphatic carbocycles. The lowest BCUT2D eigenvalue weighted by atomic mass is 9.79. The largest absolute Gasteiger partial charge is 0.510 e. The van der Waals surface area contributed by atoms with E-state index >= 15 is 0 Å². The fourth-order valence-corrected chi connectivity index (χ4v) is 6.04. The lowest BCUT2D eigenvalue weighted by Crippen LogP contribution is -2.62. The average molecular weight is 457 g/mol. The molecule has 0 spiro atoms. The van der Waals surface area contributed by atoms with Crippen molar-refractivity contribution in [1.29, 1.82) is 5.41 Å². The van der Waals surface area contributed by atoms with Crippen molar-refractivity contribution in [2.24, 2.45) is 0 Å². The molecule has 0 radical (unpaired) electrons. The minimum atomic E-state index is -0.0349. The minimum absolute atomic E-state index is 0.0349. The Morgan fingerprint density at radius 1 is 1.12 bits per heavy atom. The highest BCUT2D eigenvalue weighted by Crippen LogP contribution is 2.39. The second-order valence-corrected chi connectivity index (χ2v) is 10.7. The molecule has 1 fully saturated rings. The van der Waals surface area contributed by atoms with Crippen LogP contribution in [0.3, 0.4) is 0 Å². The van der Waals surface area contributed by atoms with Gasteiger partial charge in [-0.15, -0.1) is 11.3 Å². The highest BCUT2D eigenvalue weighted by atomic mass is 32.1. The van der Waals surface area contributed by atoms with Crippen LogP contribution in [-0.4, -0.2) is 58.7 Å². The first-order valence-corrected chi connectivity index (χ1v) is 11.7. The predicted octanol–water partition coefficient (Wildman–Crippen LogP) is 4.70. The molecular formula is C24H32N4O3S. The van der Waals surface area contributed by atoms with Crippen molar-refractivity contribution < 1.29 is 14.6 Å². The summed E-state index contributed by atoms with van der Waals surface area (Å²) >= 11 is 1.44. The maximum Gasteiger partial charge on any atom is 0.161 e. The van der Waals surface area contributed by atoms with Gasteiger partial charge in [-0.05, 0) is 58.7 Å². The van der Waals surface area contributed by atoms with E-state index < -0.39 is 0 Å². The third-order valence-corrected chi connectivity index (χ3v) is 7.00. The number of aliphatic hydroxyl groups excluding tert-OH is 1. The van der Waals surface area contributed by atoms with Gasteiger partial charge in [-0.1, -0.05) is 0 Å². The number of methoxy groups -OCH3 is 2. The normalized spacial score (nSPS) is 20.7. The van der Waals surface area contributed by atoms with Crippen molar-refractivity contribution in [3.05, 3.63) is 34.3 Å². The zero-order chi connectivity index (χ0) is 23.3. The van der Waals surface area contributed by atoms with Gasteiger partial charge in [0.05, 0.1) is 32.0 Å². The molecule has 8 heteroatoms. The van der Waals surface area contributed by atoms with Crippen LogP contribution in [0.1, 0.15) is 45.5 Å². The van der Waals surface area contributed by atoms with E-state index in [1.165, 1.54) is 11.3 Å². The molecule has 0 bridgehead atoms. The van der Waals surface area contributed by atoms with E-state index in [4.69, 9.17) is 19.9 Å². The summed E-state index contributed by atoms with van der Waals surface area (Å²) in [5.74, 6) is 1.87. The van der Waals surface area contributed by atoms with Gasteiger partial charge < -0.3 is 24.8 Å². The highest BCUT2D eigenvalue weighted by molar-refractivity contribution is 7.11. The van der Waals surface area contributed by atoms with Gasteiger partial charge in [-0.25, -0.2) is 4.98 Å². The Balaban J connectivity index is 1.59. The molecule has 0 atom stereocenters. The molecule has 0 saturated carbocycles. The maximum absolute atomic E-state index is 10.8. The number of hydrogen-bond acceptors (Lipinski definition) is 7. The number of aromatic nitrogens is 1. The number of nitrogens with one attached hydrogen (secondary N) is 2. The van der Waals surface area contributed by atoms with Crippen LogP contribution in [-0.2, 0) is 0 Å². The maximum atomic E-state index is 10.8. The molecule has 32 heavy (non-hydrogen) atoms. The monoisotopic (exact) mass is 456 g/mol. The molecule has 4 rings (SSSR count). The first-order valence-electron chi connectivity index (χ1n) is 10.8. The molecule has 1 aromatic carbocycles. The number of hydrogen-bond donors (Lipinski definition) is 3. The van der Waals surface area contributed by atoms with Crippen molar-refractivity contribution in [3.8, 4) is 22.8 Å². The number of thiazole rings is 1. The Morgan fingerprint density at radius 2 is 1.78 bits per heavy atom. The third-order valence-electron chi connectivity index (χ3n) is 6.14. The highest BCUT2D eigenvalue weighted by Gasteiger charge is 2.43. The summed E-state index contributed by atoms with van der Waals surface area (Å²) in [4.78, 5) is 6.79. The molecule has 2 aromatic rings. The van der Waals surface area contributed by atoms with Gasteiger partial charge in [0.2, 0.25) is 0 Å². The molecule has 7 nitrogen and oxygen atoms in total. The van der Waals surface area contributed by atoms with E-state index in [-0.39, 0.29) is 22.9 Å². The summed E-state index contributed by atoms with van der Waals surface area (Å²) in [5.41, 5.74) is 2.14. The smallest absolute Gasteiger partial charge is 0.161 e. The van der Waals surface area contributed by atoms with Gasteiger partial charge in [-0.2, -0.15) is 0 Å². The lowest BCUT2D eigenvalue weighted by molar-refractivity contribution is 0.105. The summed E-state index contributed by atoms with van der Waals surface area (Å²) in [7, 11) is 3.21. The first-order chi connectivity index (χ1) is 15.0. The Bertz CT molecular complexity index is 1060. The zero-order valence-electron chi connectivity index (χ0n) is 19.6. The third kappa shape index (κ3) is 4.21. The van der Waals surface area contributed by atoms with Crippen LogP contribution in [0.4, 0.5) is 0 Å². The van der Waals surface area contributed by atoms with E-state index in [1.807, 2.05) is 28.5 Å². The number of amidine groups is 1. The van der Waals surface area contributed by atoms with Crippen LogP contribution >= 0.6 is 11.3 Å². The van der Waals surface area contributed by atoms with Crippen LogP contribution in [0.5, 0.6) is 11.5 Å². The number of ether oxygens (including phenoxy) is 2. The van der Waals surface area contributed by atoms with Crippen molar-refractivity contribution in [3.63, 3.8) is 0 Å². The van der Waals surface area contributed by atoms with Gasteiger partial charge in [0.25, 0.3) is 0 Å². The summed E-state index contributed by atoms with van der Waals surface area (Å²) in [6.45, 7) is 9.16. The van der Waals surface area contributed by atoms with Gasteiger partial charge in [0.15, 0.2) is 11.5 Å². The number of aliphatic hydroxyl groups is 1. The topological polar surface area (TPSA) is 90.7 Å². The van der Waals surface area contributed by atoms with Crippen molar-refractivity contribution in [2.45, 2.75) is 57.7 Å². The standard InChI is InChI=1S/C24H32N4O3S/c1-23(2)10-15(11-24(3,4)27-23)28-12-17(29)20(21(28)25)22-26-16(13-32-22)14-7-8-18(30-5)19(9-14)31-6/h7-9,13,15,25,27,29H,10-12H2,1-6H3. The SMILES string of the molecule is COc1ccc(-c2csc(C3=C(O)CN(C4CC(C)(C)NC(C)(C)C4)C3=N)n2)cc1OC. The van der Waals surface area contributed by atoms with Crippen LogP contribution in [0.15, 0.2) is 29.3 Å².